The lowest BCUT2D eigenvalue weighted by Crippen LogP contribution is -2.66. The van der Waals surface area contributed by atoms with Gasteiger partial charge in [-0.1, -0.05) is 18.4 Å². The summed E-state index contributed by atoms with van der Waals surface area (Å²) in [5, 5.41) is 0. The molecule has 120 valence electrons. The Hall–Kier alpha value is -0.300. The predicted molar refractivity (Wildman–Crippen MR) is 89.5 cm³/mol. The molecule has 1 unspecified atom stereocenters. The van der Waals surface area contributed by atoms with Gasteiger partial charge in [0.25, 0.3) is 0 Å². The van der Waals surface area contributed by atoms with E-state index in [1.165, 1.54) is 38.5 Å². The molecular weight excluding hydrogens is 266 g/mol. The summed E-state index contributed by atoms with van der Waals surface area (Å²) in [6, 6.07) is 1.83. The second-order valence-corrected chi connectivity index (χ2v) is 9.71. The average Bonchev–Trinajstić information content (AvgIpc) is 2.94. The third kappa shape index (κ3) is 1.20. The largest absolute Gasteiger partial charge is 0.287 e. The van der Waals surface area contributed by atoms with Crippen LogP contribution in [-0.2, 0) is 0 Å². The summed E-state index contributed by atoms with van der Waals surface area (Å²) in [6.45, 7) is 5.11. The maximum atomic E-state index is 3.16. The molecule has 1 heteroatoms. The molecule has 5 fully saturated rings. The van der Waals surface area contributed by atoms with Gasteiger partial charge in [0, 0.05) is 17.6 Å². The van der Waals surface area contributed by atoms with Gasteiger partial charge < -0.3 is 0 Å². The van der Waals surface area contributed by atoms with E-state index in [2.05, 4.69) is 18.7 Å². The standard InChI is InChI=1S/C21H31N/c1-12-9-14-5-3-4-6-18(14)21-15-10-17(20(12)21)16-8-7-13(2)22(21)19(16)11-15/h13-19H,3-11H2,1-2H3/t13-,14-,15+,16-,17-,18+,19+,21+/m1/s1. The van der Waals surface area contributed by atoms with Crippen molar-refractivity contribution in [3.63, 3.8) is 0 Å². The Labute approximate surface area is 135 Å². The third-order valence-electron chi connectivity index (χ3n) is 9.18. The van der Waals surface area contributed by atoms with Crippen LogP contribution in [0.25, 0.3) is 0 Å². The first kappa shape index (κ1) is 13.0. The van der Waals surface area contributed by atoms with Crippen LogP contribution in [0.3, 0.4) is 0 Å². The highest BCUT2D eigenvalue weighted by molar-refractivity contribution is 5.46. The highest BCUT2D eigenvalue weighted by atomic mass is 15.3. The summed E-state index contributed by atoms with van der Waals surface area (Å²) in [7, 11) is 0. The molecule has 3 heterocycles. The second kappa shape index (κ2) is 4.02. The van der Waals surface area contributed by atoms with Crippen molar-refractivity contribution in [2.75, 3.05) is 0 Å². The summed E-state index contributed by atoms with van der Waals surface area (Å²) in [5.41, 5.74) is 4.46. The number of allylic oxidation sites excluding steroid dienone is 1. The van der Waals surface area contributed by atoms with E-state index < -0.39 is 0 Å². The van der Waals surface area contributed by atoms with E-state index in [1.54, 1.807) is 19.3 Å². The molecule has 9 atom stereocenters. The number of hydrogen-bond donors (Lipinski definition) is 0. The third-order valence-corrected chi connectivity index (χ3v) is 9.18. The summed E-state index contributed by atoms with van der Waals surface area (Å²) in [5.74, 6) is 5.14. The van der Waals surface area contributed by atoms with Gasteiger partial charge in [0.15, 0.2) is 0 Å². The van der Waals surface area contributed by atoms with E-state index in [9.17, 15) is 0 Å². The normalized spacial score (nSPS) is 61.4. The maximum Gasteiger partial charge on any atom is 0.0491 e. The zero-order valence-corrected chi connectivity index (χ0v) is 14.4. The summed E-state index contributed by atoms with van der Waals surface area (Å²) >= 11 is 0. The zero-order chi connectivity index (χ0) is 14.6. The Balaban J connectivity index is 1.61. The minimum absolute atomic E-state index is 0.569. The molecule has 0 amide bonds. The van der Waals surface area contributed by atoms with Crippen molar-refractivity contribution in [1.82, 2.24) is 4.90 Å². The van der Waals surface area contributed by atoms with E-state index in [1.807, 2.05) is 11.1 Å². The predicted octanol–water partition coefficient (Wildman–Crippen LogP) is 4.77. The SMILES string of the molecule is CC1=C2[C@@H]3C[C@H]4C[C@H]5[C@@H]3CC[C@@H](C)N5[C@@]24[C@H]2CCCC[C@@H]2C1. The molecule has 0 N–H and O–H groups in total. The first-order chi connectivity index (χ1) is 10.7. The van der Waals surface area contributed by atoms with Gasteiger partial charge in [-0.25, -0.2) is 0 Å². The molecule has 5 bridgehead atoms. The van der Waals surface area contributed by atoms with Crippen LogP contribution in [0.2, 0.25) is 0 Å². The highest BCUT2D eigenvalue weighted by Gasteiger charge is 2.73. The van der Waals surface area contributed by atoms with Crippen LogP contribution < -0.4 is 0 Å². The van der Waals surface area contributed by atoms with Crippen LogP contribution in [0.15, 0.2) is 11.1 Å². The molecule has 1 spiro atoms. The fourth-order valence-electron chi connectivity index (χ4n) is 9.01. The lowest BCUT2D eigenvalue weighted by atomic mass is 9.55. The Morgan fingerprint density at radius 3 is 2.82 bits per heavy atom. The Kier molecular flexibility index (Phi) is 2.38. The van der Waals surface area contributed by atoms with E-state index in [0.29, 0.717) is 5.54 Å². The Morgan fingerprint density at radius 1 is 1.05 bits per heavy atom. The molecule has 0 aromatic carbocycles. The lowest BCUT2D eigenvalue weighted by molar-refractivity contribution is -0.0729. The van der Waals surface area contributed by atoms with Crippen molar-refractivity contribution in [2.45, 2.75) is 89.3 Å². The lowest BCUT2D eigenvalue weighted by Gasteiger charge is -2.62. The van der Waals surface area contributed by atoms with E-state index in [4.69, 9.17) is 0 Å². The van der Waals surface area contributed by atoms with Gasteiger partial charge in [-0.2, -0.15) is 0 Å². The van der Waals surface area contributed by atoms with Gasteiger partial charge >= 0.3 is 0 Å². The molecule has 0 aromatic heterocycles. The average molecular weight is 297 g/mol. The minimum Gasteiger partial charge on any atom is -0.287 e. The van der Waals surface area contributed by atoms with Crippen molar-refractivity contribution in [3.05, 3.63) is 11.1 Å². The first-order valence-corrected chi connectivity index (χ1v) is 10.2. The van der Waals surface area contributed by atoms with Crippen LogP contribution in [0.1, 0.15) is 71.6 Å². The van der Waals surface area contributed by atoms with Gasteiger partial charge in [0.05, 0.1) is 0 Å². The van der Waals surface area contributed by atoms with Gasteiger partial charge in [0.2, 0.25) is 0 Å². The topological polar surface area (TPSA) is 3.24 Å². The quantitative estimate of drug-likeness (QED) is 0.582. The van der Waals surface area contributed by atoms with Gasteiger partial charge in [-0.3, -0.25) is 4.90 Å². The van der Waals surface area contributed by atoms with Crippen molar-refractivity contribution < 1.29 is 0 Å². The second-order valence-electron chi connectivity index (χ2n) is 9.71. The molecule has 6 aliphatic rings. The van der Waals surface area contributed by atoms with Gasteiger partial charge in [-0.15, -0.1) is 0 Å². The zero-order valence-electron chi connectivity index (χ0n) is 14.4. The molecule has 2 saturated carbocycles. The Morgan fingerprint density at radius 2 is 1.91 bits per heavy atom. The van der Waals surface area contributed by atoms with Gasteiger partial charge in [0.1, 0.15) is 0 Å². The number of fused-ring (bicyclic) bond motifs is 2. The smallest absolute Gasteiger partial charge is 0.0491 e. The molecule has 0 radical (unpaired) electrons. The molecule has 22 heavy (non-hydrogen) atoms. The van der Waals surface area contributed by atoms with Crippen LogP contribution in [0.5, 0.6) is 0 Å². The number of piperidine rings is 2. The van der Waals surface area contributed by atoms with Crippen molar-refractivity contribution >= 4 is 0 Å². The van der Waals surface area contributed by atoms with E-state index in [-0.39, 0.29) is 0 Å². The van der Waals surface area contributed by atoms with E-state index in [0.717, 1.165) is 41.7 Å². The van der Waals surface area contributed by atoms with Crippen LogP contribution in [0.4, 0.5) is 0 Å². The number of nitrogens with zero attached hydrogens (tertiary/aromatic N) is 1. The fourth-order valence-corrected chi connectivity index (χ4v) is 9.01. The van der Waals surface area contributed by atoms with Crippen LogP contribution in [-0.4, -0.2) is 22.5 Å². The van der Waals surface area contributed by atoms with Gasteiger partial charge in [-0.05, 0) is 94.0 Å². The monoisotopic (exact) mass is 297 g/mol. The molecule has 3 aliphatic carbocycles. The van der Waals surface area contributed by atoms with Crippen molar-refractivity contribution in [1.29, 1.82) is 0 Å². The molecule has 3 aliphatic heterocycles. The summed E-state index contributed by atoms with van der Waals surface area (Å²) in [4.78, 5) is 3.16. The first-order valence-electron chi connectivity index (χ1n) is 10.2. The highest BCUT2D eigenvalue weighted by Crippen LogP contribution is 2.73. The molecule has 6 rings (SSSR count). The minimum atomic E-state index is 0.569. The van der Waals surface area contributed by atoms with Crippen molar-refractivity contribution in [3.8, 4) is 0 Å². The number of rotatable bonds is 0. The fraction of sp³-hybridized carbons (Fsp3) is 0.905. The summed E-state index contributed by atoms with van der Waals surface area (Å²) < 4.78 is 0. The summed E-state index contributed by atoms with van der Waals surface area (Å²) in [6.07, 6.45) is 13.7. The van der Waals surface area contributed by atoms with Crippen LogP contribution >= 0.6 is 0 Å². The van der Waals surface area contributed by atoms with E-state index >= 15 is 0 Å². The van der Waals surface area contributed by atoms with Crippen LogP contribution in [0, 0.1) is 29.6 Å². The molecule has 1 nitrogen and oxygen atoms in total. The molecule has 0 aromatic rings. The molecule has 3 saturated heterocycles. The molecular formula is C21H31N. The van der Waals surface area contributed by atoms with Crippen molar-refractivity contribution in [2.24, 2.45) is 29.6 Å². The number of hydrogen-bond acceptors (Lipinski definition) is 1. The Bertz CT molecular complexity index is 562. The maximum absolute atomic E-state index is 3.16.